The molecular weight excluding hydrogens is 318 g/mol. The highest BCUT2D eigenvalue weighted by Gasteiger charge is 2.36. The van der Waals surface area contributed by atoms with Crippen molar-refractivity contribution in [2.75, 3.05) is 34.9 Å². The molecule has 4 rings (SSSR count). The van der Waals surface area contributed by atoms with Gasteiger partial charge in [0.05, 0.1) is 21.3 Å². The highest BCUT2D eigenvalue weighted by molar-refractivity contribution is 5.84. The average molecular weight is 341 g/mol. The summed E-state index contributed by atoms with van der Waals surface area (Å²) in [7, 11) is 7.05. The van der Waals surface area contributed by atoms with Gasteiger partial charge >= 0.3 is 0 Å². The smallest absolute Gasteiger partial charge is 0.168 e. The molecule has 1 aliphatic carbocycles. The van der Waals surface area contributed by atoms with E-state index in [0.29, 0.717) is 11.5 Å². The van der Waals surface area contributed by atoms with E-state index in [1.807, 2.05) is 18.2 Å². The molecule has 0 saturated heterocycles. The van der Waals surface area contributed by atoms with E-state index in [2.05, 4.69) is 11.9 Å². The molecule has 2 aliphatic rings. The van der Waals surface area contributed by atoms with E-state index >= 15 is 0 Å². The lowest BCUT2D eigenvalue weighted by Gasteiger charge is -2.40. The van der Waals surface area contributed by atoms with Crippen molar-refractivity contribution in [1.82, 2.24) is 4.90 Å². The van der Waals surface area contributed by atoms with E-state index in [9.17, 15) is 5.11 Å². The van der Waals surface area contributed by atoms with E-state index in [-0.39, 0.29) is 11.8 Å². The molecule has 5 nitrogen and oxygen atoms in total. The van der Waals surface area contributed by atoms with Crippen molar-refractivity contribution in [2.45, 2.75) is 18.9 Å². The highest BCUT2D eigenvalue weighted by Crippen LogP contribution is 2.53. The minimum atomic E-state index is 0.196. The van der Waals surface area contributed by atoms with Crippen molar-refractivity contribution < 1.29 is 19.3 Å². The lowest BCUT2D eigenvalue weighted by Crippen LogP contribution is -2.35. The zero-order chi connectivity index (χ0) is 17.7. The van der Waals surface area contributed by atoms with E-state index in [4.69, 9.17) is 14.2 Å². The number of ether oxygens (including phenoxy) is 3. The van der Waals surface area contributed by atoms with Gasteiger partial charge in [0, 0.05) is 18.2 Å². The molecule has 1 heterocycles. The third-order valence-corrected chi connectivity index (χ3v) is 5.48. The van der Waals surface area contributed by atoms with Crippen LogP contribution in [-0.4, -0.2) is 44.9 Å². The van der Waals surface area contributed by atoms with Gasteiger partial charge in [0.25, 0.3) is 0 Å². The number of benzene rings is 2. The van der Waals surface area contributed by atoms with Crippen LogP contribution in [0.1, 0.15) is 22.7 Å². The van der Waals surface area contributed by atoms with Crippen LogP contribution in [0.25, 0.3) is 11.1 Å². The Balaban J connectivity index is 2.06. The number of fused-ring (bicyclic) bond motifs is 2. The Morgan fingerprint density at radius 2 is 1.72 bits per heavy atom. The molecule has 132 valence electrons. The summed E-state index contributed by atoms with van der Waals surface area (Å²) < 4.78 is 16.6. The first kappa shape index (κ1) is 16.1. The maximum Gasteiger partial charge on any atom is 0.168 e. The van der Waals surface area contributed by atoms with E-state index in [0.717, 1.165) is 36.3 Å². The van der Waals surface area contributed by atoms with Gasteiger partial charge in [-0.3, -0.25) is 4.90 Å². The highest BCUT2D eigenvalue weighted by atomic mass is 16.5. The topological polar surface area (TPSA) is 51.2 Å². The van der Waals surface area contributed by atoms with Crippen LogP contribution < -0.4 is 14.2 Å². The van der Waals surface area contributed by atoms with E-state index in [1.54, 1.807) is 21.3 Å². The quantitative estimate of drug-likeness (QED) is 0.929. The molecule has 1 atom stereocenters. The van der Waals surface area contributed by atoms with Gasteiger partial charge in [-0.25, -0.2) is 0 Å². The van der Waals surface area contributed by atoms with E-state index in [1.165, 1.54) is 16.7 Å². The van der Waals surface area contributed by atoms with Crippen LogP contribution >= 0.6 is 0 Å². The Kier molecular flexibility index (Phi) is 3.76. The summed E-state index contributed by atoms with van der Waals surface area (Å²) in [6.07, 6.45) is 1.83. The van der Waals surface area contributed by atoms with Crippen LogP contribution in [0, 0.1) is 0 Å². The van der Waals surface area contributed by atoms with Gasteiger partial charge in [-0.05, 0) is 60.3 Å². The van der Waals surface area contributed by atoms with Gasteiger partial charge in [0.2, 0.25) is 0 Å². The zero-order valence-electron chi connectivity index (χ0n) is 15.0. The molecule has 0 spiro atoms. The molecule has 0 saturated carbocycles. The first-order valence-electron chi connectivity index (χ1n) is 8.47. The number of aromatic hydroxyl groups is 1. The summed E-state index contributed by atoms with van der Waals surface area (Å²) in [6.45, 7) is 0.978. The number of methoxy groups -OCH3 is 3. The molecule has 0 aromatic heterocycles. The largest absolute Gasteiger partial charge is 0.504 e. The van der Waals surface area contributed by atoms with Gasteiger partial charge in [-0.2, -0.15) is 0 Å². The van der Waals surface area contributed by atoms with Crippen molar-refractivity contribution in [2.24, 2.45) is 0 Å². The lowest BCUT2D eigenvalue weighted by molar-refractivity contribution is 0.226. The van der Waals surface area contributed by atoms with Gasteiger partial charge < -0.3 is 19.3 Å². The normalized spacial score (nSPS) is 18.3. The Morgan fingerprint density at radius 1 is 1.00 bits per heavy atom. The molecule has 2 aromatic rings. The monoisotopic (exact) mass is 341 g/mol. The Bertz CT molecular complexity index is 846. The van der Waals surface area contributed by atoms with Crippen molar-refractivity contribution in [3.8, 4) is 34.1 Å². The van der Waals surface area contributed by atoms with Gasteiger partial charge in [-0.15, -0.1) is 0 Å². The fraction of sp³-hybridized carbons (Fsp3) is 0.400. The molecule has 1 N–H and O–H groups in total. The predicted molar refractivity (Wildman–Crippen MR) is 96.0 cm³/mol. The second kappa shape index (κ2) is 5.85. The zero-order valence-corrected chi connectivity index (χ0v) is 15.0. The van der Waals surface area contributed by atoms with Crippen molar-refractivity contribution in [3.05, 3.63) is 34.9 Å². The fourth-order valence-corrected chi connectivity index (χ4v) is 4.24. The summed E-state index contributed by atoms with van der Waals surface area (Å²) in [4.78, 5) is 2.38. The summed E-state index contributed by atoms with van der Waals surface area (Å²) >= 11 is 0. The molecule has 0 bridgehead atoms. The fourth-order valence-electron chi connectivity index (χ4n) is 4.24. The minimum Gasteiger partial charge on any atom is -0.504 e. The van der Waals surface area contributed by atoms with Gasteiger partial charge in [-0.1, -0.05) is 0 Å². The first-order chi connectivity index (χ1) is 12.1. The van der Waals surface area contributed by atoms with E-state index < -0.39 is 0 Å². The molecule has 2 aromatic carbocycles. The SMILES string of the molecule is COc1cc2c(cc1OC)-c1c(OC)c(O)cc3c1[C@@H](C2)N(C)CC3. The lowest BCUT2D eigenvalue weighted by atomic mass is 9.76. The Hall–Kier alpha value is -2.40. The van der Waals surface area contributed by atoms with Crippen molar-refractivity contribution in [3.63, 3.8) is 0 Å². The predicted octanol–water partition coefficient (Wildman–Crippen LogP) is 3.17. The second-order valence-electron chi connectivity index (χ2n) is 6.69. The summed E-state index contributed by atoms with van der Waals surface area (Å²) in [5.41, 5.74) is 5.68. The number of nitrogens with zero attached hydrogens (tertiary/aromatic N) is 1. The van der Waals surface area contributed by atoms with Gasteiger partial charge in [0.15, 0.2) is 23.0 Å². The molecule has 0 unspecified atom stereocenters. The van der Waals surface area contributed by atoms with Gasteiger partial charge in [0.1, 0.15) is 0 Å². The molecule has 1 aliphatic heterocycles. The van der Waals surface area contributed by atoms with Crippen molar-refractivity contribution in [1.29, 1.82) is 0 Å². The summed E-state index contributed by atoms with van der Waals surface area (Å²) in [5, 5.41) is 10.5. The number of likely N-dealkylation sites (N-methyl/N-ethyl adjacent to an activating group) is 1. The maximum atomic E-state index is 10.5. The van der Waals surface area contributed by atoms with Crippen LogP contribution in [-0.2, 0) is 12.8 Å². The van der Waals surface area contributed by atoms with Crippen molar-refractivity contribution >= 4 is 0 Å². The number of rotatable bonds is 3. The second-order valence-corrected chi connectivity index (χ2v) is 6.69. The van der Waals surface area contributed by atoms with Crippen LogP contribution in [0.4, 0.5) is 0 Å². The van der Waals surface area contributed by atoms with Crippen LogP contribution in [0.2, 0.25) is 0 Å². The minimum absolute atomic E-state index is 0.196. The maximum absolute atomic E-state index is 10.5. The molecular formula is C20H23NO4. The number of hydrogen-bond acceptors (Lipinski definition) is 5. The number of phenolic OH excluding ortho intramolecular Hbond substituents is 1. The molecule has 0 amide bonds. The standard InChI is InChI=1S/C20H23NO4/c1-21-6-5-11-8-15(22)20(25-4)19-13-10-17(24-3)16(23-2)9-12(13)7-14(21)18(11)19/h8-10,14,22H,5-7H2,1-4H3/t14-/m1/s1. The molecule has 0 radical (unpaired) electrons. The summed E-state index contributed by atoms with van der Waals surface area (Å²) in [5.74, 6) is 2.14. The van der Waals surface area contributed by atoms with Crippen LogP contribution in [0.5, 0.6) is 23.0 Å². The third-order valence-electron chi connectivity index (χ3n) is 5.48. The van der Waals surface area contributed by atoms with Crippen LogP contribution in [0.15, 0.2) is 18.2 Å². The molecule has 0 fully saturated rings. The average Bonchev–Trinajstić information content (AvgIpc) is 2.63. The first-order valence-corrected chi connectivity index (χ1v) is 8.47. The number of hydrogen-bond donors (Lipinski definition) is 1. The molecule has 5 heteroatoms. The Labute approximate surface area is 147 Å². The third kappa shape index (κ3) is 2.26. The Morgan fingerprint density at radius 3 is 2.40 bits per heavy atom. The summed E-state index contributed by atoms with van der Waals surface area (Å²) in [6, 6.07) is 6.18. The number of phenols is 1. The van der Waals surface area contributed by atoms with Crippen LogP contribution in [0.3, 0.4) is 0 Å². The molecule has 25 heavy (non-hydrogen) atoms.